The quantitative estimate of drug-likeness (QED) is 0.797. The van der Waals surface area contributed by atoms with Crippen molar-refractivity contribution in [1.82, 2.24) is 15.1 Å². The maximum Gasteiger partial charge on any atom is 0.289 e. The predicted octanol–water partition coefficient (Wildman–Crippen LogP) is 2.52. The Hall–Kier alpha value is -3.61. The monoisotopic (exact) mass is 407 g/mol. The van der Waals surface area contributed by atoms with Gasteiger partial charge in [-0.25, -0.2) is 0 Å². The number of benzene rings is 2. The van der Waals surface area contributed by atoms with Gasteiger partial charge in [-0.3, -0.25) is 14.4 Å². The van der Waals surface area contributed by atoms with Crippen LogP contribution in [0.3, 0.4) is 0 Å². The highest BCUT2D eigenvalue weighted by Gasteiger charge is 2.32. The number of rotatable bonds is 5. The summed E-state index contributed by atoms with van der Waals surface area (Å²) in [5.74, 6) is -1.57. The van der Waals surface area contributed by atoms with Crippen LogP contribution >= 0.6 is 0 Å². The molecule has 30 heavy (non-hydrogen) atoms. The maximum atomic E-state index is 12.5. The number of hydrogen-bond donors (Lipinski definition) is 2. The summed E-state index contributed by atoms with van der Waals surface area (Å²) in [7, 11) is 4.96. The molecule has 0 bridgehead atoms. The molecule has 1 heterocycles. The molecule has 0 aromatic heterocycles. The molecule has 1 atom stereocenters. The highest BCUT2D eigenvalue weighted by atomic mass is 16.3. The van der Waals surface area contributed by atoms with E-state index in [0.717, 1.165) is 16.7 Å². The molecule has 0 radical (unpaired) electrons. The average molecular weight is 407 g/mol. The number of aliphatic hydroxyl groups is 1. The normalized spacial score (nSPS) is 14.7. The third-order valence-corrected chi connectivity index (χ3v) is 5.11. The standard InChI is InChI=1S/C23H25N3O4/c1-14(24-21(28)19-13-26(4)23(30)20(19)27)17-6-5-7-18(12-17)15-8-10-16(11-9-15)22(29)25(2)3/h5-12,14,27H,13H2,1-4H3,(H,24,28). The first kappa shape index (κ1) is 21.1. The van der Waals surface area contributed by atoms with Crippen LogP contribution in [0.5, 0.6) is 0 Å². The van der Waals surface area contributed by atoms with E-state index in [1.54, 1.807) is 26.2 Å². The van der Waals surface area contributed by atoms with Crippen LogP contribution in [0.15, 0.2) is 59.9 Å². The summed E-state index contributed by atoms with van der Waals surface area (Å²) < 4.78 is 0. The Morgan fingerprint density at radius 3 is 2.33 bits per heavy atom. The second kappa shape index (κ2) is 8.41. The van der Waals surface area contributed by atoms with Crippen LogP contribution in [-0.4, -0.2) is 60.3 Å². The smallest absolute Gasteiger partial charge is 0.289 e. The molecule has 0 aliphatic carbocycles. The molecule has 156 valence electrons. The van der Waals surface area contributed by atoms with Crippen molar-refractivity contribution in [2.45, 2.75) is 13.0 Å². The number of likely N-dealkylation sites (N-methyl/N-ethyl adjacent to an activating group) is 1. The van der Waals surface area contributed by atoms with E-state index in [-0.39, 0.29) is 24.1 Å². The molecule has 2 N–H and O–H groups in total. The fourth-order valence-electron chi connectivity index (χ4n) is 3.29. The number of carbonyl (C=O) groups is 3. The molecule has 0 fully saturated rings. The maximum absolute atomic E-state index is 12.5. The number of nitrogens with one attached hydrogen (secondary N) is 1. The fourth-order valence-corrected chi connectivity index (χ4v) is 3.29. The zero-order valence-corrected chi connectivity index (χ0v) is 17.5. The fraction of sp³-hybridized carbons (Fsp3) is 0.261. The van der Waals surface area contributed by atoms with Gasteiger partial charge in [0.1, 0.15) is 0 Å². The average Bonchev–Trinajstić information content (AvgIpc) is 3.00. The molecule has 0 saturated carbocycles. The molecule has 2 aromatic carbocycles. The van der Waals surface area contributed by atoms with Gasteiger partial charge in [-0.1, -0.05) is 30.3 Å². The van der Waals surface area contributed by atoms with E-state index in [9.17, 15) is 19.5 Å². The van der Waals surface area contributed by atoms with E-state index >= 15 is 0 Å². The Morgan fingerprint density at radius 1 is 1.10 bits per heavy atom. The van der Waals surface area contributed by atoms with Gasteiger partial charge in [0.25, 0.3) is 17.7 Å². The van der Waals surface area contributed by atoms with Crippen LogP contribution in [0, 0.1) is 0 Å². The van der Waals surface area contributed by atoms with Crippen molar-refractivity contribution < 1.29 is 19.5 Å². The largest absolute Gasteiger partial charge is 0.503 e. The lowest BCUT2D eigenvalue weighted by Gasteiger charge is -2.16. The van der Waals surface area contributed by atoms with Crippen molar-refractivity contribution in [3.63, 3.8) is 0 Å². The van der Waals surface area contributed by atoms with E-state index in [4.69, 9.17) is 0 Å². The first-order valence-corrected chi connectivity index (χ1v) is 9.59. The van der Waals surface area contributed by atoms with Crippen LogP contribution in [0.2, 0.25) is 0 Å². The summed E-state index contributed by atoms with van der Waals surface area (Å²) in [4.78, 5) is 39.1. The van der Waals surface area contributed by atoms with Crippen molar-refractivity contribution in [1.29, 1.82) is 0 Å². The van der Waals surface area contributed by atoms with Gasteiger partial charge in [0.15, 0.2) is 5.76 Å². The van der Waals surface area contributed by atoms with E-state index < -0.39 is 17.6 Å². The van der Waals surface area contributed by atoms with E-state index in [1.807, 2.05) is 43.3 Å². The summed E-state index contributed by atoms with van der Waals surface area (Å²) in [5, 5.41) is 12.7. The number of nitrogens with zero attached hydrogens (tertiary/aromatic N) is 2. The van der Waals surface area contributed by atoms with Gasteiger partial charge in [0.05, 0.1) is 18.2 Å². The zero-order valence-electron chi connectivity index (χ0n) is 17.5. The third kappa shape index (κ3) is 4.20. The number of hydrogen-bond acceptors (Lipinski definition) is 4. The molecule has 0 spiro atoms. The molecule has 1 unspecified atom stereocenters. The topological polar surface area (TPSA) is 90.0 Å². The van der Waals surface area contributed by atoms with Crippen LogP contribution in [0.1, 0.15) is 28.9 Å². The van der Waals surface area contributed by atoms with Crippen molar-refractivity contribution >= 4 is 17.7 Å². The van der Waals surface area contributed by atoms with Crippen molar-refractivity contribution in [2.75, 3.05) is 27.7 Å². The van der Waals surface area contributed by atoms with Gasteiger partial charge >= 0.3 is 0 Å². The molecule has 2 aromatic rings. The predicted molar refractivity (Wildman–Crippen MR) is 114 cm³/mol. The van der Waals surface area contributed by atoms with Gasteiger partial charge in [-0.15, -0.1) is 0 Å². The molecule has 7 heteroatoms. The summed E-state index contributed by atoms with van der Waals surface area (Å²) in [6.07, 6.45) is 0. The third-order valence-electron chi connectivity index (χ3n) is 5.11. The minimum absolute atomic E-state index is 0.0553. The lowest BCUT2D eigenvalue weighted by atomic mass is 9.99. The Morgan fingerprint density at radius 2 is 1.77 bits per heavy atom. The molecule has 1 aliphatic rings. The van der Waals surface area contributed by atoms with E-state index in [1.165, 1.54) is 16.8 Å². The molecular weight excluding hydrogens is 382 g/mol. The summed E-state index contributed by atoms with van der Waals surface area (Å²) in [6.45, 7) is 1.93. The summed E-state index contributed by atoms with van der Waals surface area (Å²) in [6, 6.07) is 14.8. The summed E-state index contributed by atoms with van der Waals surface area (Å²) >= 11 is 0. The highest BCUT2D eigenvalue weighted by molar-refractivity contribution is 6.06. The minimum Gasteiger partial charge on any atom is -0.503 e. The number of carbonyl (C=O) groups excluding carboxylic acids is 3. The second-order valence-electron chi connectivity index (χ2n) is 7.59. The van der Waals surface area contributed by atoms with Crippen LogP contribution in [-0.2, 0) is 9.59 Å². The Balaban J connectivity index is 1.76. The summed E-state index contributed by atoms with van der Waals surface area (Å²) in [5.41, 5.74) is 3.48. The molecule has 1 aliphatic heterocycles. The van der Waals surface area contributed by atoms with Gasteiger partial charge < -0.3 is 20.2 Å². The van der Waals surface area contributed by atoms with Crippen LogP contribution in [0.25, 0.3) is 11.1 Å². The molecule has 7 nitrogen and oxygen atoms in total. The Kier molecular flexibility index (Phi) is 5.91. The SMILES string of the molecule is CC(NC(=O)C1=C(O)C(=O)N(C)C1)c1cccc(-c2ccc(C(=O)N(C)C)cc2)c1. The van der Waals surface area contributed by atoms with E-state index in [0.29, 0.717) is 5.56 Å². The van der Waals surface area contributed by atoms with Crippen molar-refractivity contribution in [2.24, 2.45) is 0 Å². The zero-order chi connectivity index (χ0) is 22.0. The van der Waals surface area contributed by atoms with Crippen LogP contribution in [0.4, 0.5) is 0 Å². The molecule has 3 rings (SSSR count). The van der Waals surface area contributed by atoms with Gasteiger partial charge in [0, 0.05) is 26.7 Å². The van der Waals surface area contributed by atoms with Gasteiger partial charge in [-0.05, 0) is 41.8 Å². The molecule has 3 amide bonds. The van der Waals surface area contributed by atoms with Crippen LogP contribution < -0.4 is 5.32 Å². The molecule has 0 saturated heterocycles. The van der Waals surface area contributed by atoms with Crippen molar-refractivity contribution in [3.05, 3.63) is 71.0 Å². The lowest BCUT2D eigenvalue weighted by Crippen LogP contribution is -2.30. The highest BCUT2D eigenvalue weighted by Crippen LogP contribution is 2.25. The Bertz CT molecular complexity index is 1020. The van der Waals surface area contributed by atoms with Crippen molar-refractivity contribution in [3.8, 4) is 11.1 Å². The Labute approximate surface area is 175 Å². The number of aliphatic hydroxyl groups excluding tert-OH is 1. The van der Waals surface area contributed by atoms with E-state index in [2.05, 4.69) is 5.32 Å². The van der Waals surface area contributed by atoms with Gasteiger partial charge in [0.2, 0.25) is 0 Å². The first-order valence-electron chi connectivity index (χ1n) is 9.59. The number of amides is 3. The minimum atomic E-state index is -0.550. The second-order valence-corrected chi connectivity index (χ2v) is 7.59. The van der Waals surface area contributed by atoms with Gasteiger partial charge in [-0.2, -0.15) is 0 Å². The molecular formula is C23H25N3O4. The lowest BCUT2D eigenvalue weighted by molar-refractivity contribution is -0.126. The first-order chi connectivity index (χ1) is 14.2.